The van der Waals surface area contributed by atoms with E-state index in [0.717, 1.165) is 0 Å². The maximum atomic E-state index is 12.9. The molecule has 1 aliphatic heterocycles. The summed E-state index contributed by atoms with van der Waals surface area (Å²) in [5.41, 5.74) is 0.708. The van der Waals surface area contributed by atoms with Crippen LogP contribution in [0.4, 0.5) is 5.13 Å². The third kappa shape index (κ3) is 3.53. The number of aromatic nitrogens is 1. The number of thiazole rings is 1. The summed E-state index contributed by atoms with van der Waals surface area (Å²) in [5.74, 6) is -1.95. The molecule has 0 bridgehead atoms. The number of Topliss-reactive ketones (excluding diaryl/α,β-unsaturated/α-hetero) is 1. The molecule has 5 nitrogen and oxygen atoms in total. The van der Waals surface area contributed by atoms with Crippen molar-refractivity contribution in [3.63, 3.8) is 0 Å². The molecule has 1 fully saturated rings. The first-order valence-electron chi connectivity index (χ1n) is 8.30. The quantitative estimate of drug-likeness (QED) is 0.305. The van der Waals surface area contributed by atoms with Gasteiger partial charge in [-0.05, 0) is 42.0 Å². The van der Waals surface area contributed by atoms with E-state index in [1.165, 1.54) is 28.5 Å². The second-order valence-electron chi connectivity index (χ2n) is 6.16. The van der Waals surface area contributed by atoms with Gasteiger partial charge in [0.1, 0.15) is 5.76 Å². The van der Waals surface area contributed by atoms with Crippen molar-refractivity contribution in [3.05, 3.63) is 85.8 Å². The van der Waals surface area contributed by atoms with Crippen LogP contribution >= 0.6 is 46.1 Å². The largest absolute Gasteiger partial charge is 0.507 e. The second kappa shape index (κ2) is 7.80. The fourth-order valence-corrected chi connectivity index (χ4v) is 4.45. The van der Waals surface area contributed by atoms with Crippen molar-refractivity contribution in [2.24, 2.45) is 0 Å². The minimum absolute atomic E-state index is 0.0863. The summed E-state index contributed by atoms with van der Waals surface area (Å²) in [6.45, 7) is 0. The Labute approximate surface area is 184 Å². The third-order valence-corrected chi connectivity index (χ3v) is 6.03. The number of aliphatic hydroxyl groups excluding tert-OH is 1. The Morgan fingerprint density at radius 2 is 1.72 bits per heavy atom. The molecule has 1 unspecified atom stereocenters. The fraction of sp³-hybridized carbons (Fsp3) is 0.0500. The first-order valence-corrected chi connectivity index (χ1v) is 10.3. The minimum atomic E-state index is -0.957. The van der Waals surface area contributed by atoms with Gasteiger partial charge in [0.15, 0.2) is 5.13 Å². The molecule has 1 saturated heterocycles. The maximum Gasteiger partial charge on any atom is 0.301 e. The van der Waals surface area contributed by atoms with Crippen LogP contribution in [0.5, 0.6) is 0 Å². The standard InChI is InChI=1S/C20H11Cl3N2O3S/c21-11-3-1-10(2-4-11)17(26)15-16(13-6-5-12(22)9-14(13)23)25(19(28)18(15)27)20-24-7-8-29-20/h1-9,16,26H/b17-15+. The van der Waals surface area contributed by atoms with Crippen LogP contribution in [0.25, 0.3) is 5.76 Å². The number of nitrogens with zero attached hydrogens (tertiary/aromatic N) is 2. The molecule has 0 radical (unpaired) electrons. The summed E-state index contributed by atoms with van der Waals surface area (Å²) in [7, 11) is 0. The Hall–Kier alpha value is -2.38. The lowest BCUT2D eigenvalue weighted by Gasteiger charge is -2.23. The van der Waals surface area contributed by atoms with Crippen molar-refractivity contribution < 1.29 is 14.7 Å². The van der Waals surface area contributed by atoms with Crippen molar-refractivity contribution in [2.45, 2.75) is 6.04 Å². The van der Waals surface area contributed by atoms with Gasteiger partial charge in [-0.2, -0.15) is 0 Å². The minimum Gasteiger partial charge on any atom is -0.507 e. The average Bonchev–Trinajstić information content (AvgIpc) is 3.29. The van der Waals surface area contributed by atoms with E-state index in [9.17, 15) is 14.7 Å². The van der Waals surface area contributed by atoms with Crippen LogP contribution < -0.4 is 4.90 Å². The Morgan fingerprint density at radius 1 is 1.03 bits per heavy atom. The Kier molecular flexibility index (Phi) is 5.36. The van der Waals surface area contributed by atoms with E-state index in [4.69, 9.17) is 34.8 Å². The molecule has 9 heteroatoms. The highest BCUT2D eigenvalue weighted by atomic mass is 35.5. The molecule has 0 saturated carbocycles. The highest BCUT2D eigenvalue weighted by Gasteiger charge is 2.48. The summed E-state index contributed by atoms with van der Waals surface area (Å²) in [6, 6.07) is 10.1. The summed E-state index contributed by atoms with van der Waals surface area (Å²) >= 11 is 19.5. The predicted molar refractivity (Wildman–Crippen MR) is 115 cm³/mol. The Morgan fingerprint density at radius 3 is 2.34 bits per heavy atom. The highest BCUT2D eigenvalue weighted by Crippen LogP contribution is 2.45. The number of ketones is 1. The lowest BCUT2D eigenvalue weighted by molar-refractivity contribution is -0.132. The molecule has 0 aliphatic carbocycles. The smallest absolute Gasteiger partial charge is 0.301 e. The van der Waals surface area contributed by atoms with E-state index >= 15 is 0 Å². The van der Waals surface area contributed by atoms with Crippen LogP contribution in [0.2, 0.25) is 15.1 Å². The van der Waals surface area contributed by atoms with E-state index in [0.29, 0.717) is 26.3 Å². The first-order chi connectivity index (χ1) is 13.9. The molecule has 1 aromatic heterocycles. The number of carbonyl (C=O) groups excluding carboxylic acids is 2. The van der Waals surface area contributed by atoms with Gasteiger partial charge in [-0.1, -0.05) is 40.9 Å². The number of carbonyl (C=O) groups is 2. The van der Waals surface area contributed by atoms with Crippen molar-refractivity contribution in [2.75, 3.05) is 4.90 Å². The molecular weight excluding hydrogens is 455 g/mol. The fourth-order valence-electron chi connectivity index (χ4n) is 3.15. The van der Waals surface area contributed by atoms with Gasteiger partial charge in [0.05, 0.1) is 11.6 Å². The molecule has 1 N–H and O–H groups in total. The average molecular weight is 466 g/mol. The number of amides is 1. The van der Waals surface area contributed by atoms with Gasteiger partial charge in [0.2, 0.25) is 0 Å². The summed E-state index contributed by atoms with van der Waals surface area (Å²) in [5, 5.41) is 14.1. The van der Waals surface area contributed by atoms with Gasteiger partial charge in [-0.15, -0.1) is 11.3 Å². The van der Waals surface area contributed by atoms with Gasteiger partial charge in [0.25, 0.3) is 5.78 Å². The molecule has 29 heavy (non-hydrogen) atoms. The van der Waals surface area contributed by atoms with Crippen molar-refractivity contribution in [1.29, 1.82) is 0 Å². The molecular formula is C20H11Cl3N2O3S. The lowest BCUT2D eigenvalue weighted by atomic mass is 9.95. The lowest BCUT2D eigenvalue weighted by Crippen LogP contribution is -2.29. The van der Waals surface area contributed by atoms with Gasteiger partial charge in [-0.3, -0.25) is 14.5 Å². The topological polar surface area (TPSA) is 70.5 Å². The number of aliphatic hydroxyl groups is 1. The Balaban J connectivity index is 1.97. The SMILES string of the molecule is O=C1C(=O)N(c2nccs2)C(c2ccc(Cl)cc2Cl)/C1=C(\O)c1ccc(Cl)cc1. The van der Waals surface area contributed by atoms with Crippen LogP contribution in [0.15, 0.2) is 59.6 Å². The monoisotopic (exact) mass is 464 g/mol. The van der Waals surface area contributed by atoms with E-state index in [-0.39, 0.29) is 16.4 Å². The zero-order valence-electron chi connectivity index (χ0n) is 14.5. The number of rotatable bonds is 3. The number of anilines is 1. The summed E-state index contributed by atoms with van der Waals surface area (Å²) in [4.78, 5) is 31.2. The van der Waals surface area contributed by atoms with Crippen LogP contribution in [0.1, 0.15) is 17.2 Å². The number of hydrogen-bond donors (Lipinski definition) is 1. The van der Waals surface area contributed by atoms with Crippen LogP contribution in [-0.4, -0.2) is 21.8 Å². The zero-order chi connectivity index (χ0) is 20.7. The van der Waals surface area contributed by atoms with Crippen LogP contribution in [-0.2, 0) is 9.59 Å². The molecule has 1 atom stereocenters. The highest BCUT2D eigenvalue weighted by molar-refractivity contribution is 7.14. The van der Waals surface area contributed by atoms with Gasteiger partial charge in [-0.25, -0.2) is 4.98 Å². The molecule has 1 amide bonds. The number of benzene rings is 2. The normalized spacial score (nSPS) is 18.4. The summed E-state index contributed by atoms with van der Waals surface area (Å²) < 4.78 is 0. The third-order valence-electron chi connectivity index (χ3n) is 4.44. The molecule has 2 heterocycles. The first kappa shape index (κ1) is 19.9. The van der Waals surface area contributed by atoms with Crippen molar-refractivity contribution >= 4 is 68.7 Å². The number of hydrogen-bond acceptors (Lipinski definition) is 5. The van der Waals surface area contributed by atoms with Crippen molar-refractivity contribution in [1.82, 2.24) is 4.98 Å². The second-order valence-corrected chi connectivity index (χ2v) is 8.31. The summed E-state index contributed by atoms with van der Waals surface area (Å²) in [6.07, 6.45) is 1.53. The van der Waals surface area contributed by atoms with Crippen LogP contribution in [0.3, 0.4) is 0 Å². The molecule has 0 spiro atoms. The van der Waals surface area contributed by atoms with Gasteiger partial charge < -0.3 is 5.11 Å². The maximum absolute atomic E-state index is 12.9. The Bertz CT molecular complexity index is 1140. The molecule has 2 aromatic carbocycles. The molecule has 1 aliphatic rings. The molecule has 4 rings (SSSR count). The van der Waals surface area contributed by atoms with Crippen molar-refractivity contribution in [3.8, 4) is 0 Å². The molecule has 3 aromatic rings. The van der Waals surface area contributed by atoms with E-state index in [1.807, 2.05) is 0 Å². The number of halogens is 3. The van der Waals surface area contributed by atoms with Gasteiger partial charge >= 0.3 is 5.91 Å². The predicted octanol–water partition coefficient (Wildman–Crippen LogP) is 5.73. The zero-order valence-corrected chi connectivity index (χ0v) is 17.6. The van der Waals surface area contributed by atoms with E-state index in [2.05, 4.69) is 4.98 Å². The van der Waals surface area contributed by atoms with E-state index in [1.54, 1.807) is 41.8 Å². The van der Waals surface area contributed by atoms with Gasteiger partial charge in [0, 0.05) is 32.2 Å². The van der Waals surface area contributed by atoms with E-state index < -0.39 is 17.7 Å². The molecule has 146 valence electrons. The van der Waals surface area contributed by atoms with Crippen LogP contribution in [0, 0.1) is 0 Å².